The molecule has 1 aliphatic carbocycles. The molecule has 2 rings (SSSR count). The minimum Gasteiger partial charge on any atom is -0.102 e. The quantitative estimate of drug-likeness (QED) is 0.589. The largest absolute Gasteiger partial charge is 0.102 e. The maximum absolute atomic E-state index is 3.02. The Kier molecular flexibility index (Phi) is 6.70. The third-order valence-corrected chi connectivity index (χ3v) is 4.17. The van der Waals surface area contributed by atoms with Gasteiger partial charge in [0.05, 0.1) is 0 Å². The van der Waals surface area contributed by atoms with E-state index in [9.17, 15) is 0 Å². The second-order valence-corrected chi connectivity index (χ2v) is 6.14. The molecule has 0 saturated heterocycles. The molecule has 0 nitrogen and oxygen atoms in total. The Morgan fingerprint density at radius 2 is 1.87 bits per heavy atom. The highest BCUT2D eigenvalue weighted by Gasteiger charge is 2.13. The molecule has 0 heterocycles. The van der Waals surface area contributed by atoms with Gasteiger partial charge in [0.15, 0.2) is 0 Å². The smallest absolute Gasteiger partial charge is 0.00235 e. The lowest BCUT2D eigenvalue weighted by Gasteiger charge is -2.17. The standard InChI is InChI=1S/C23H26/c1-4-5-6-7-10-23(18-21-15-12-20(3)13-16-21)22-11-8-9-19(2)14-17-22/h6-7,9,11-17,23H,8,10,18H2,1-3H3/b7-6-. The molecule has 1 unspecified atom stereocenters. The summed E-state index contributed by atoms with van der Waals surface area (Å²) in [5, 5.41) is 0. The third-order valence-electron chi connectivity index (χ3n) is 4.17. The van der Waals surface area contributed by atoms with Crippen molar-refractivity contribution in [2.45, 2.75) is 40.0 Å². The average Bonchev–Trinajstić information content (AvgIpc) is 2.77. The van der Waals surface area contributed by atoms with E-state index in [4.69, 9.17) is 0 Å². The van der Waals surface area contributed by atoms with Gasteiger partial charge in [0.2, 0.25) is 0 Å². The molecule has 0 heteroatoms. The lowest BCUT2D eigenvalue weighted by molar-refractivity contribution is 0.631. The summed E-state index contributed by atoms with van der Waals surface area (Å²) in [5.74, 6) is 6.44. The average molecular weight is 302 g/mol. The highest BCUT2D eigenvalue weighted by molar-refractivity contribution is 5.34. The summed E-state index contributed by atoms with van der Waals surface area (Å²) >= 11 is 0. The first-order valence-corrected chi connectivity index (χ1v) is 8.36. The molecule has 0 saturated carbocycles. The molecule has 0 spiro atoms. The van der Waals surface area contributed by atoms with Gasteiger partial charge in [-0.3, -0.25) is 0 Å². The molecule has 1 atom stereocenters. The fourth-order valence-corrected chi connectivity index (χ4v) is 2.77. The molecule has 0 radical (unpaired) electrons. The van der Waals surface area contributed by atoms with Crippen molar-refractivity contribution >= 4 is 0 Å². The first-order valence-electron chi connectivity index (χ1n) is 8.36. The lowest BCUT2D eigenvalue weighted by Crippen LogP contribution is -2.06. The van der Waals surface area contributed by atoms with Gasteiger partial charge in [-0.15, -0.1) is 5.92 Å². The zero-order valence-corrected chi connectivity index (χ0v) is 14.5. The molecule has 0 aliphatic heterocycles. The second kappa shape index (κ2) is 9.01. The molecule has 23 heavy (non-hydrogen) atoms. The first kappa shape index (κ1) is 17.1. The minimum absolute atomic E-state index is 0.503. The summed E-state index contributed by atoms with van der Waals surface area (Å²) in [6.45, 7) is 6.18. The number of allylic oxidation sites excluding steroid dienone is 8. The van der Waals surface area contributed by atoms with Gasteiger partial charge in [-0.25, -0.2) is 0 Å². The van der Waals surface area contributed by atoms with Crippen LogP contribution < -0.4 is 0 Å². The van der Waals surface area contributed by atoms with Crippen LogP contribution in [0.1, 0.15) is 37.8 Å². The lowest BCUT2D eigenvalue weighted by atomic mass is 9.88. The Bertz CT molecular complexity index is 682. The van der Waals surface area contributed by atoms with Crippen LogP contribution >= 0.6 is 0 Å². The van der Waals surface area contributed by atoms with E-state index in [1.54, 1.807) is 0 Å². The zero-order valence-electron chi connectivity index (χ0n) is 14.5. The predicted octanol–water partition coefficient (Wildman–Crippen LogP) is 5.96. The molecular weight excluding hydrogens is 276 g/mol. The van der Waals surface area contributed by atoms with Crippen LogP contribution in [-0.2, 0) is 6.42 Å². The van der Waals surface area contributed by atoms with Crippen LogP contribution in [0.3, 0.4) is 0 Å². The van der Waals surface area contributed by atoms with Gasteiger partial charge in [0, 0.05) is 0 Å². The predicted molar refractivity (Wildman–Crippen MR) is 101 cm³/mol. The van der Waals surface area contributed by atoms with Crippen molar-refractivity contribution < 1.29 is 0 Å². The molecule has 1 aromatic carbocycles. The number of hydrogen-bond donors (Lipinski definition) is 0. The van der Waals surface area contributed by atoms with Gasteiger partial charge >= 0.3 is 0 Å². The van der Waals surface area contributed by atoms with Crippen molar-refractivity contribution in [3.8, 4) is 11.8 Å². The van der Waals surface area contributed by atoms with E-state index in [1.165, 1.54) is 22.3 Å². The fraction of sp³-hybridized carbons (Fsp3) is 0.304. The Hall–Kier alpha value is -2.26. The van der Waals surface area contributed by atoms with Gasteiger partial charge in [-0.2, -0.15) is 0 Å². The summed E-state index contributed by atoms with van der Waals surface area (Å²) in [7, 11) is 0. The van der Waals surface area contributed by atoms with Crippen LogP contribution in [0, 0.1) is 24.7 Å². The van der Waals surface area contributed by atoms with Gasteiger partial charge in [-0.1, -0.05) is 71.7 Å². The Labute approximate surface area is 141 Å². The summed E-state index contributed by atoms with van der Waals surface area (Å²) in [6, 6.07) is 8.91. The summed E-state index contributed by atoms with van der Waals surface area (Å²) in [5.41, 5.74) is 5.50. The van der Waals surface area contributed by atoms with E-state index >= 15 is 0 Å². The number of hydrogen-bond acceptors (Lipinski definition) is 0. The van der Waals surface area contributed by atoms with Gasteiger partial charge in [-0.05, 0) is 63.2 Å². The molecule has 1 aromatic rings. The minimum atomic E-state index is 0.503. The topological polar surface area (TPSA) is 0 Å². The molecule has 1 aliphatic rings. The van der Waals surface area contributed by atoms with E-state index in [-0.39, 0.29) is 0 Å². The van der Waals surface area contributed by atoms with Crippen molar-refractivity contribution in [2.24, 2.45) is 5.92 Å². The number of benzene rings is 1. The fourth-order valence-electron chi connectivity index (χ4n) is 2.77. The highest BCUT2D eigenvalue weighted by atomic mass is 14.2. The summed E-state index contributed by atoms with van der Waals surface area (Å²) in [6.07, 6.45) is 16.5. The summed E-state index contributed by atoms with van der Waals surface area (Å²) < 4.78 is 0. The Morgan fingerprint density at radius 3 is 2.61 bits per heavy atom. The van der Waals surface area contributed by atoms with Crippen molar-refractivity contribution in [1.82, 2.24) is 0 Å². The van der Waals surface area contributed by atoms with Crippen LogP contribution in [0.2, 0.25) is 0 Å². The van der Waals surface area contributed by atoms with Crippen LogP contribution in [0.5, 0.6) is 0 Å². The molecule has 0 N–H and O–H groups in total. The molecule has 0 aromatic heterocycles. The van der Waals surface area contributed by atoms with E-state index in [0.717, 1.165) is 19.3 Å². The zero-order chi connectivity index (χ0) is 16.5. The van der Waals surface area contributed by atoms with Crippen LogP contribution in [0.4, 0.5) is 0 Å². The van der Waals surface area contributed by atoms with Crippen LogP contribution in [0.25, 0.3) is 0 Å². The van der Waals surface area contributed by atoms with Gasteiger partial charge in [0.25, 0.3) is 0 Å². The molecule has 0 bridgehead atoms. The Morgan fingerprint density at radius 1 is 1.09 bits per heavy atom. The number of aryl methyl sites for hydroxylation is 1. The van der Waals surface area contributed by atoms with Crippen molar-refractivity contribution in [3.05, 3.63) is 83.0 Å². The third kappa shape index (κ3) is 5.80. The molecule has 118 valence electrons. The van der Waals surface area contributed by atoms with Crippen molar-refractivity contribution in [2.75, 3.05) is 0 Å². The number of rotatable bonds is 5. The normalized spacial score (nSPS) is 15.4. The summed E-state index contributed by atoms with van der Waals surface area (Å²) in [4.78, 5) is 0. The van der Waals surface area contributed by atoms with E-state index in [2.05, 4.69) is 80.3 Å². The molecule has 0 amide bonds. The van der Waals surface area contributed by atoms with Gasteiger partial charge < -0.3 is 0 Å². The van der Waals surface area contributed by atoms with Crippen LogP contribution in [0.15, 0.2) is 71.9 Å². The molecule has 0 fully saturated rings. The maximum Gasteiger partial charge on any atom is -0.00235 e. The van der Waals surface area contributed by atoms with E-state index in [0.29, 0.717) is 5.92 Å². The SMILES string of the molecule is CC#C/C=C\CC(Cc1ccc(C)cc1)C1=CCC=C(C)C=C1. The first-order chi connectivity index (χ1) is 11.2. The van der Waals surface area contributed by atoms with Crippen LogP contribution in [-0.4, -0.2) is 0 Å². The molecular formula is C23H26. The second-order valence-electron chi connectivity index (χ2n) is 6.14. The van der Waals surface area contributed by atoms with Crippen molar-refractivity contribution in [1.29, 1.82) is 0 Å². The van der Waals surface area contributed by atoms with Crippen molar-refractivity contribution in [3.63, 3.8) is 0 Å². The van der Waals surface area contributed by atoms with Gasteiger partial charge in [0.1, 0.15) is 0 Å². The monoisotopic (exact) mass is 302 g/mol. The maximum atomic E-state index is 3.02. The van der Waals surface area contributed by atoms with E-state index < -0.39 is 0 Å². The Balaban J connectivity index is 2.16. The highest BCUT2D eigenvalue weighted by Crippen LogP contribution is 2.25. The van der Waals surface area contributed by atoms with E-state index in [1.807, 2.05) is 13.0 Å².